The third-order valence-electron chi connectivity index (χ3n) is 3.48. The molecule has 96 valence electrons. The summed E-state index contributed by atoms with van der Waals surface area (Å²) in [5, 5.41) is 3.61. The summed E-state index contributed by atoms with van der Waals surface area (Å²) in [6, 6.07) is 0.877. The Hall–Kier alpha value is -1.27. The Morgan fingerprint density at radius 2 is 2.33 bits per heavy atom. The number of aromatic amines is 2. The van der Waals surface area contributed by atoms with Crippen LogP contribution in [0.1, 0.15) is 24.4 Å². The van der Waals surface area contributed by atoms with Crippen LogP contribution in [0.4, 0.5) is 0 Å². The molecule has 2 atom stereocenters. The predicted octanol–water partition coefficient (Wildman–Crippen LogP) is 1.41. The molecule has 3 N–H and O–H groups in total. The number of aromatic nitrogens is 3. The van der Waals surface area contributed by atoms with Crippen LogP contribution < -0.4 is 10.9 Å². The van der Waals surface area contributed by atoms with Gasteiger partial charge in [-0.05, 0) is 19.1 Å². The highest BCUT2D eigenvalue weighted by Gasteiger charge is 2.27. The number of H-pyrrole nitrogens is 2. The van der Waals surface area contributed by atoms with E-state index >= 15 is 0 Å². The molecule has 0 unspecified atom stereocenters. The Morgan fingerprint density at radius 3 is 3.17 bits per heavy atom. The Bertz CT molecular complexity index is 605. The summed E-state index contributed by atoms with van der Waals surface area (Å²) in [5.41, 5.74) is 2.37. The largest absolute Gasteiger partial charge is 0.355 e. The predicted molar refractivity (Wildman–Crippen MR) is 74.0 cm³/mol. The molecule has 1 saturated heterocycles. The molecule has 0 saturated carbocycles. The van der Waals surface area contributed by atoms with Gasteiger partial charge in [-0.2, -0.15) is 11.8 Å². The van der Waals surface area contributed by atoms with Crippen molar-refractivity contribution in [3.63, 3.8) is 0 Å². The van der Waals surface area contributed by atoms with Gasteiger partial charge in [0.05, 0.1) is 6.33 Å². The smallest absolute Gasteiger partial charge is 0.275 e. The van der Waals surface area contributed by atoms with E-state index in [-0.39, 0.29) is 5.56 Å². The molecule has 0 amide bonds. The third-order valence-corrected chi connectivity index (χ3v) is 4.22. The second kappa shape index (κ2) is 4.78. The van der Waals surface area contributed by atoms with Gasteiger partial charge in [-0.1, -0.05) is 0 Å². The highest BCUT2D eigenvalue weighted by molar-refractivity contribution is 7.98. The van der Waals surface area contributed by atoms with E-state index in [1.165, 1.54) is 12.7 Å². The van der Waals surface area contributed by atoms with Crippen molar-refractivity contribution < 1.29 is 0 Å². The molecule has 3 heterocycles. The molecular formula is C12H16N4OS. The molecule has 0 spiro atoms. The van der Waals surface area contributed by atoms with Crippen molar-refractivity contribution in [3.8, 4) is 0 Å². The maximum atomic E-state index is 11.6. The van der Waals surface area contributed by atoms with E-state index in [1.54, 1.807) is 0 Å². The number of nitrogens with one attached hydrogen (secondary N) is 3. The molecule has 1 aliphatic rings. The van der Waals surface area contributed by atoms with E-state index in [2.05, 4.69) is 26.5 Å². The summed E-state index contributed by atoms with van der Waals surface area (Å²) in [4.78, 5) is 21.5. The molecule has 0 bridgehead atoms. The molecule has 5 nitrogen and oxygen atoms in total. The maximum Gasteiger partial charge on any atom is 0.275 e. The summed E-state index contributed by atoms with van der Waals surface area (Å²) in [6.07, 6.45) is 7.79. The highest BCUT2D eigenvalue weighted by atomic mass is 32.2. The van der Waals surface area contributed by atoms with E-state index in [0.717, 1.165) is 23.3 Å². The van der Waals surface area contributed by atoms with E-state index in [0.29, 0.717) is 17.6 Å². The molecule has 6 heteroatoms. The number of hydrogen-bond donors (Lipinski definition) is 3. The Labute approximate surface area is 109 Å². The van der Waals surface area contributed by atoms with Gasteiger partial charge in [-0.15, -0.1) is 0 Å². The fourth-order valence-electron chi connectivity index (χ4n) is 2.63. The Kier molecular flexibility index (Phi) is 3.13. The summed E-state index contributed by atoms with van der Waals surface area (Å²) in [5.74, 6) is 1.13. The van der Waals surface area contributed by atoms with Gasteiger partial charge >= 0.3 is 0 Å². The van der Waals surface area contributed by atoms with E-state index in [1.807, 2.05) is 18.0 Å². The van der Waals surface area contributed by atoms with Crippen molar-refractivity contribution in [1.29, 1.82) is 0 Å². The minimum Gasteiger partial charge on any atom is -0.355 e. The van der Waals surface area contributed by atoms with Gasteiger partial charge in [-0.25, -0.2) is 4.98 Å². The molecular weight excluding hydrogens is 248 g/mol. The molecule has 3 rings (SSSR count). The SMILES string of the molecule is CSC[C@@H]1CC[C@H](c2c[nH]c3c(=O)[nH]cnc23)N1. The van der Waals surface area contributed by atoms with Gasteiger partial charge in [0.25, 0.3) is 5.56 Å². The summed E-state index contributed by atoms with van der Waals surface area (Å²) < 4.78 is 0. The third kappa shape index (κ3) is 1.95. The molecule has 2 aromatic rings. The van der Waals surface area contributed by atoms with E-state index in [4.69, 9.17) is 0 Å². The van der Waals surface area contributed by atoms with Crippen LogP contribution in [0.3, 0.4) is 0 Å². The molecule has 0 aliphatic carbocycles. The first-order valence-corrected chi connectivity index (χ1v) is 7.48. The first-order chi connectivity index (χ1) is 8.79. The second-order valence-corrected chi connectivity index (χ2v) is 5.56. The molecule has 1 fully saturated rings. The zero-order valence-corrected chi connectivity index (χ0v) is 11.0. The number of thioether (sulfide) groups is 1. The first kappa shape index (κ1) is 11.8. The monoisotopic (exact) mass is 264 g/mol. The lowest BCUT2D eigenvalue weighted by molar-refractivity contribution is 0.593. The lowest BCUT2D eigenvalue weighted by atomic mass is 10.1. The van der Waals surface area contributed by atoms with Crippen LogP contribution in [0.5, 0.6) is 0 Å². The minimum absolute atomic E-state index is 0.107. The van der Waals surface area contributed by atoms with E-state index in [9.17, 15) is 4.79 Å². The summed E-state index contributed by atoms with van der Waals surface area (Å²) in [6.45, 7) is 0. The fraction of sp³-hybridized carbons (Fsp3) is 0.500. The quantitative estimate of drug-likeness (QED) is 0.783. The van der Waals surface area contributed by atoms with Crippen molar-refractivity contribution in [3.05, 3.63) is 28.4 Å². The van der Waals surface area contributed by atoms with Crippen LogP contribution in [-0.4, -0.2) is 33.0 Å². The Morgan fingerprint density at radius 1 is 1.44 bits per heavy atom. The number of hydrogen-bond acceptors (Lipinski definition) is 4. The standard InChI is InChI=1S/C12H16N4OS/c1-18-5-7-2-3-9(16-7)8-4-13-11-10(8)14-6-15-12(11)17/h4,6-7,9,13,16H,2-3,5H2,1H3,(H,14,15,17)/t7-,9+/m0/s1. The molecule has 0 radical (unpaired) electrons. The number of rotatable bonds is 3. The van der Waals surface area contributed by atoms with Crippen LogP contribution in [0, 0.1) is 0 Å². The van der Waals surface area contributed by atoms with Gasteiger partial charge in [0, 0.05) is 29.6 Å². The summed E-state index contributed by atoms with van der Waals surface area (Å²) in [7, 11) is 0. The zero-order chi connectivity index (χ0) is 12.5. The molecule has 0 aromatic carbocycles. The normalized spacial score (nSPS) is 23.8. The van der Waals surface area contributed by atoms with Gasteiger partial charge in [-0.3, -0.25) is 4.79 Å². The zero-order valence-electron chi connectivity index (χ0n) is 10.2. The summed E-state index contributed by atoms with van der Waals surface area (Å²) >= 11 is 1.86. The van der Waals surface area contributed by atoms with Crippen molar-refractivity contribution in [1.82, 2.24) is 20.3 Å². The number of fused-ring (bicyclic) bond motifs is 1. The first-order valence-electron chi connectivity index (χ1n) is 6.09. The average molecular weight is 264 g/mol. The average Bonchev–Trinajstić information content (AvgIpc) is 2.96. The van der Waals surface area contributed by atoms with Crippen LogP contribution in [-0.2, 0) is 0 Å². The lowest BCUT2D eigenvalue weighted by Crippen LogP contribution is -2.26. The van der Waals surface area contributed by atoms with Crippen LogP contribution in [0.25, 0.3) is 11.0 Å². The fourth-order valence-corrected chi connectivity index (χ4v) is 3.30. The van der Waals surface area contributed by atoms with E-state index < -0.39 is 0 Å². The minimum atomic E-state index is -0.107. The topological polar surface area (TPSA) is 73.6 Å². The van der Waals surface area contributed by atoms with Crippen LogP contribution in [0.15, 0.2) is 17.3 Å². The molecule has 2 aromatic heterocycles. The lowest BCUT2D eigenvalue weighted by Gasteiger charge is -2.12. The molecule has 18 heavy (non-hydrogen) atoms. The second-order valence-electron chi connectivity index (χ2n) is 4.65. The van der Waals surface area contributed by atoms with Crippen LogP contribution >= 0.6 is 11.8 Å². The maximum absolute atomic E-state index is 11.6. The highest BCUT2D eigenvalue weighted by Crippen LogP contribution is 2.30. The van der Waals surface area contributed by atoms with Gasteiger partial charge in [0.15, 0.2) is 0 Å². The van der Waals surface area contributed by atoms with Crippen molar-refractivity contribution in [2.24, 2.45) is 0 Å². The van der Waals surface area contributed by atoms with Gasteiger partial charge in [0.1, 0.15) is 11.0 Å². The van der Waals surface area contributed by atoms with Crippen LogP contribution in [0.2, 0.25) is 0 Å². The molecule has 1 aliphatic heterocycles. The number of nitrogens with zero attached hydrogens (tertiary/aromatic N) is 1. The van der Waals surface area contributed by atoms with Gasteiger partial charge < -0.3 is 15.3 Å². The van der Waals surface area contributed by atoms with Crippen molar-refractivity contribution in [2.45, 2.75) is 24.9 Å². The van der Waals surface area contributed by atoms with Crippen molar-refractivity contribution in [2.75, 3.05) is 12.0 Å². The Balaban J connectivity index is 1.92. The van der Waals surface area contributed by atoms with Crippen molar-refractivity contribution >= 4 is 22.8 Å². The van der Waals surface area contributed by atoms with Gasteiger partial charge in [0.2, 0.25) is 0 Å².